The Morgan fingerprint density at radius 1 is 1.19 bits per heavy atom. The number of aromatic nitrogens is 5. The average Bonchev–Trinajstić information content (AvgIpc) is 3.55. The largest absolute Gasteiger partial charge is 0.396 e. The third-order valence-electron chi connectivity index (χ3n) is 7.33. The molecule has 1 aromatic carbocycles. The van der Waals surface area contributed by atoms with Crippen molar-refractivity contribution in [2.75, 3.05) is 17.2 Å². The minimum atomic E-state index is -4.34. The number of benzene rings is 1. The maximum atomic E-state index is 13.9. The second-order valence-corrected chi connectivity index (χ2v) is 12.3. The zero-order valence-corrected chi connectivity index (χ0v) is 24.2. The number of aryl methyl sites for hydroxylation is 1. The van der Waals surface area contributed by atoms with E-state index in [1.54, 1.807) is 25.1 Å². The fourth-order valence-electron chi connectivity index (χ4n) is 4.81. The zero-order chi connectivity index (χ0) is 30.4. The summed E-state index contributed by atoms with van der Waals surface area (Å²) >= 11 is 6.66. The van der Waals surface area contributed by atoms with E-state index in [0.29, 0.717) is 56.4 Å². The first kappa shape index (κ1) is 29.5. The van der Waals surface area contributed by atoms with Crippen LogP contribution in [-0.4, -0.2) is 37.7 Å². The number of halogens is 5. The molecule has 3 aromatic heterocycles. The van der Waals surface area contributed by atoms with Crippen molar-refractivity contribution in [3.8, 4) is 6.07 Å². The molecule has 1 atom stereocenters. The van der Waals surface area contributed by atoms with Crippen molar-refractivity contribution in [3.63, 3.8) is 0 Å². The minimum absolute atomic E-state index is 0.0360. The molecule has 0 saturated heterocycles. The van der Waals surface area contributed by atoms with E-state index in [1.165, 1.54) is 23.1 Å². The number of hydrogen-bond donors (Lipinski definition) is 2. The fourth-order valence-corrected chi connectivity index (χ4v) is 5.08. The second kappa shape index (κ2) is 10.7. The van der Waals surface area contributed by atoms with Crippen LogP contribution in [0.4, 0.5) is 28.9 Å². The molecule has 42 heavy (non-hydrogen) atoms. The third kappa shape index (κ3) is 5.97. The number of rotatable bonds is 8. The Kier molecular flexibility index (Phi) is 7.51. The number of alkyl halides is 3. The molecule has 220 valence electrons. The van der Waals surface area contributed by atoms with Gasteiger partial charge in [-0.25, -0.2) is 4.98 Å². The molecule has 1 fully saturated rings. The van der Waals surface area contributed by atoms with Gasteiger partial charge in [0.1, 0.15) is 11.8 Å². The molecular weight excluding hydrogens is 572 g/mol. The van der Waals surface area contributed by atoms with Crippen LogP contribution in [0.5, 0.6) is 0 Å². The standard InChI is InChI=1S/C29H29ClF4N8/c1-16-19(5-6-23(31)38-16)26(22-13-42(41-40-22)15-28(7-8-28)29(32,33)34)39-18-9-20-24(37-14-27(2,3)4)17(11-35)12-36-25(20)21(30)10-18/h5-6,9-10,12-13,26,39H,7-8,14-15H2,1-4H3,(H,36,37)/t26-/m0/s1. The lowest BCUT2D eigenvalue weighted by Gasteiger charge is -2.23. The van der Waals surface area contributed by atoms with Gasteiger partial charge in [-0.2, -0.15) is 22.8 Å². The first-order chi connectivity index (χ1) is 19.7. The Morgan fingerprint density at radius 2 is 1.93 bits per heavy atom. The minimum Gasteiger partial charge on any atom is -0.383 e. The molecule has 0 radical (unpaired) electrons. The highest BCUT2D eigenvalue weighted by Gasteiger charge is 2.63. The predicted molar refractivity (Wildman–Crippen MR) is 152 cm³/mol. The van der Waals surface area contributed by atoms with Crippen LogP contribution in [0.1, 0.15) is 62.2 Å². The number of hydrogen-bond acceptors (Lipinski definition) is 7. The van der Waals surface area contributed by atoms with Gasteiger partial charge in [0.15, 0.2) is 0 Å². The molecule has 1 aliphatic carbocycles. The summed E-state index contributed by atoms with van der Waals surface area (Å²) in [5.41, 5.74) is 1.26. The Morgan fingerprint density at radius 3 is 2.55 bits per heavy atom. The van der Waals surface area contributed by atoms with E-state index >= 15 is 0 Å². The first-order valence-corrected chi connectivity index (χ1v) is 13.7. The lowest BCUT2D eigenvalue weighted by Crippen LogP contribution is -2.29. The van der Waals surface area contributed by atoms with Crippen molar-refractivity contribution in [2.45, 2.75) is 59.3 Å². The van der Waals surface area contributed by atoms with Gasteiger partial charge in [-0.1, -0.05) is 43.7 Å². The molecule has 1 saturated carbocycles. The molecule has 3 heterocycles. The number of anilines is 2. The summed E-state index contributed by atoms with van der Waals surface area (Å²) in [4.78, 5) is 8.32. The molecule has 1 aliphatic rings. The van der Waals surface area contributed by atoms with Crippen molar-refractivity contribution in [3.05, 3.63) is 70.1 Å². The maximum absolute atomic E-state index is 13.9. The third-order valence-corrected chi connectivity index (χ3v) is 7.62. The predicted octanol–water partition coefficient (Wildman–Crippen LogP) is 7.20. The van der Waals surface area contributed by atoms with Crippen LogP contribution in [0, 0.1) is 35.0 Å². The second-order valence-electron chi connectivity index (χ2n) is 11.9. The van der Waals surface area contributed by atoms with E-state index in [2.05, 4.69) is 57.8 Å². The number of nitrogens with one attached hydrogen (secondary N) is 2. The van der Waals surface area contributed by atoms with Crippen LogP contribution in [-0.2, 0) is 6.54 Å². The van der Waals surface area contributed by atoms with E-state index < -0.39 is 23.6 Å². The van der Waals surface area contributed by atoms with Gasteiger partial charge in [-0.3, -0.25) is 9.67 Å². The highest BCUT2D eigenvalue weighted by atomic mass is 35.5. The summed E-state index contributed by atoms with van der Waals surface area (Å²) in [6, 6.07) is 7.59. The highest BCUT2D eigenvalue weighted by Crippen LogP contribution is 2.58. The average molecular weight is 601 g/mol. The summed E-state index contributed by atoms with van der Waals surface area (Å²) < 4.78 is 55.9. The molecule has 0 bridgehead atoms. The highest BCUT2D eigenvalue weighted by molar-refractivity contribution is 6.35. The Hall–Kier alpha value is -3.98. The molecule has 0 amide bonds. The van der Waals surface area contributed by atoms with Gasteiger partial charge in [-0.05, 0) is 43.4 Å². The number of nitriles is 1. The fraction of sp³-hybridized carbons (Fsp3) is 0.414. The first-order valence-electron chi connectivity index (χ1n) is 13.3. The topological polar surface area (TPSA) is 104 Å². The Bertz CT molecular complexity index is 1680. The van der Waals surface area contributed by atoms with Gasteiger partial charge in [-0.15, -0.1) is 5.10 Å². The Labute approximate surface area is 245 Å². The smallest absolute Gasteiger partial charge is 0.383 e. The van der Waals surface area contributed by atoms with Crippen molar-refractivity contribution in [1.82, 2.24) is 25.0 Å². The zero-order valence-electron chi connectivity index (χ0n) is 23.4. The molecule has 4 aromatic rings. The molecule has 5 rings (SSSR count). The maximum Gasteiger partial charge on any atom is 0.396 e. The van der Waals surface area contributed by atoms with Crippen LogP contribution in [0.2, 0.25) is 5.02 Å². The van der Waals surface area contributed by atoms with Gasteiger partial charge < -0.3 is 10.6 Å². The molecule has 0 aliphatic heterocycles. The van der Waals surface area contributed by atoms with Gasteiger partial charge >= 0.3 is 6.18 Å². The summed E-state index contributed by atoms with van der Waals surface area (Å²) in [5.74, 6) is -0.669. The summed E-state index contributed by atoms with van der Waals surface area (Å²) in [7, 11) is 0. The van der Waals surface area contributed by atoms with Gasteiger partial charge in [0.05, 0.1) is 46.0 Å². The van der Waals surface area contributed by atoms with Gasteiger partial charge in [0.2, 0.25) is 5.95 Å². The molecule has 8 nitrogen and oxygen atoms in total. The Balaban J connectivity index is 1.56. The quantitative estimate of drug-likeness (QED) is 0.163. The van der Waals surface area contributed by atoms with Crippen LogP contribution < -0.4 is 10.6 Å². The van der Waals surface area contributed by atoms with E-state index in [-0.39, 0.29) is 24.8 Å². The monoisotopic (exact) mass is 600 g/mol. The van der Waals surface area contributed by atoms with Crippen molar-refractivity contribution >= 4 is 33.9 Å². The summed E-state index contributed by atoms with van der Waals surface area (Å²) in [5, 5.41) is 25.6. The summed E-state index contributed by atoms with van der Waals surface area (Å²) in [6.45, 7) is 8.04. The van der Waals surface area contributed by atoms with Crippen LogP contribution in [0.25, 0.3) is 10.9 Å². The number of nitrogens with zero attached hydrogens (tertiary/aromatic N) is 6. The molecule has 0 spiro atoms. The van der Waals surface area contributed by atoms with Crippen LogP contribution in [0.3, 0.4) is 0 Å². The van der Waals surface area contributed by atoms with Gasteiger partial charge in [0, 0.05) is 35.1 Å². The SMILES string of the molecule is Cc1nc(F)ccc1[C@H](Nc1cc(Cl)c2ncc(C#N)c(NCC(C)(C)C)c2c1)c1cn(CC2(C(F)(F)F)CC2)nn1. The molecular formula is C29H29ClF4N8. The normalized spacial score (nSPS) is 15.3. The van der Waals surface area contributed by atoms with Crippen molar-refractivity contribution in [2.24, 2.45) is 10.8 Å². The van der Waals surface area contributed by atoms with E-state index in [4.69, 9.17) is 11.6 Å². The van der Waals surface area contributed by atoms with Crippen LogP contribution in [0.15, 0.2) is 36.7 Å². The van der Waals surface area contributed by atoms with E-state index in [0.717, 1.165) is 0 Å². The van der Waals surface area contributed by atoms with Gasteiger partial charge in [0.25, 0.3) is 0 Å². The lowest BCUT2D eigenvalue weighted by atomic mass is 9.96. The van der Waals surface area contributed by atoms with Crippen molar-refractivity contribution in [1.29, 1.82) is 5.26 Å². The number of fused-ring (bicyclic) bond motifs is 1. The number of pyridine rings is 2. The lowest BCUT2D eigenvalue weighted by molar-refractivity contribution is -0.191. The van der Waals surface area contributed by atoms with E-state index in [9.17, 15) is 22.8 Å². The molecule has 0 unspecified atom stereocenters. The summed E-state index contributed by atoms with van der Waals surface area (Å²) in [6.07, 6.45) is -1.34. The van der Waals surface area contributed by atoms with Crippen LogP contribution >= 0.6 is 11.6 Å². The van der Waals surface area contributed by atoms with Crippen molar-refractivity contribution < 1.29 is 17.6 Å². The molecule has 2 N–H and O–H groups in total. The molecule has 13 heteroatoms. The van der Waals surface area contributed by atoms with E-state index in [1.807, 2.05) is 0 Å².